The molecule has 0 atom stereocenters. The first-order valence-corrected chi connectivity index (χ1v) is 5.77. The molecule has 0 N–H and O–H groups in total. The molecule has 3 nitrogen and oxygen atoms in total. The van der Waals surface area contributed by atoms with Crippen LogP contribution in [0.15, 0.2) is 23.1 Å². The van der Waals surface area contributed by atoms with Gasteiger partial charge in [-0.15, -0.1) is 0 Å². The molecule has 0 unspecified atom stereocenters. The fourth-order valence-corrected chi connectivity index (χ4v) is 1.54. The van der Waals surface area contributed by atoms with Gasteiger partial charge in [-0.25, -0.2) is 4.98 Å². The third-order valence-corrected chi connectivity index (χ3v) is 3.00. The van der Waals surface area contributed by atoms with Gasteiger partial charge in [0.25, 0.3) is 5.56 Å². The maximum absolute atomic E-state index is 11.7. The molecule has 0 aromatic carbocycles. The highest BCUT2D eigenvalue weighted by atomic mass is 127. The summed E-state index contributed by atoms with van der Waals surface area (Å²) in [5.41, 5.74) is 0.892. The van der Waals surface area contributed by atoms with Crippen LogP contribution >= 0.6 is 35.2 Å². The standard InChI is InChI=1S/C9H11IN2OS/c1-6(5-14)4-12-7(2)11-3-8(10)9(12)13/h3,14H,1,4-5H2,2H3. The number of hydrogen-bond acceptors (Lipinski definition) is 3. The van der Waals surface area contributed by atoms with Gasteiger partial charge in [-0.05, 0) is 35.1 Å². The molecule has 0 amide bonds. The highest BCUT2D eigenvalue weighted by Crippen LogP contribution is 2.02. The number of aromatic nitrogens is 2. The van der Waals surface area contributed by atoms with Crippen molar-refractivity contribution in [3.05, 3.63) is 38.1 Å². The van der Waals surface area contributed by atoms with Crippen LogP contribution in [0.4, 0.5) is 0 Å². The molecular formula is C9H11IN2OS. The molecule has 0 saturated carbocycles. The predicted molar refractivity (Wildman–Crippen MR) is 68.9 cm³/mol. The lowest BCUT2D eigenvalue weighted by molar-refractivity contribution is 0.689. The first-order chi connectivity index (χ1) is 6.56. The molecule has 0 spiro atoms. The van der Waals surface area contributed by atoms with Gasteiger partial charge in [-0.3, -0.25) is 9.36 Å². The van der Waals surface area contributed by atoms with Crippen LogP contribution in [0.2, 0.25) is 0 Å². The maximum Gasteiger partial charge on any atom is 0.267 e. The Morgan fingerprint density at radius 3 is 3.00 bits per heavy atom. The van der Waals surface area contributed by atoms with Gasteiger partial charge in [0.15, 0.2) is 0 Å². The summed E-state index contributed by atoms with van der Waals surface area (Å²) in [6.07, 6.45) is 1.58. The fourth-order valence-electron chi connectivity index (χ4n) is 1.01. The van der Waals surface area contributed by atoms with Gasteiger partial charge in [0.05, 0.1) is 3.57 Å². The smallest absolute Gasteiger partial charge is 0.267 e. The molecule has 14 heavy (non-hydrogen) atoms. The highest BCUT2D eigenvalue weighted by Gasteiger charge is 2.05. The minimum Gasteiger partial charge on any atom is -0.292 e. The number of thiol groups is 1. The van der Waals surface area contributed by atoms with Crippen molar-refractivity contribution < 1.29 is 0 Å². The molecule has 5 heteroatoms. The predicted octanol–water partition coefficient (Wildman–Crippen LogP) is 1.64. The Balaban J connectivity index is 3.13. The normalized spacial score (nSPS) is 10.2. The van der Waals surface area contributed by atoms with Crippen LogP contribution < -0.4 is 5.56 Å². The molecule has 0 aliphatic heterocycles. The number of hydrogen-bond donors (Lipinski definition) is 1. The Morgan fingerprint density at radius 2 is 2.43 bits per heavy atom. The molecule has 0 bridgehead atoms. The van der Waals surface area contributed by atoms with Crippen LogP contribution in [0.1, 0.15) is 5.82 Å². The molecule has 0 aliphatic rings. The SMILES string of the molecule is C=C(CS)Cn1c(C)ncc(I)c1=O. The topological polar surface area (TPSA) is 34.9 Å². The van der Waals surface area contributed by atoms with Gasteiger partial charge in [0.2, 0.25) is 0 Å². The van der Waals surface area contributed by atoms with E-state index < -0.39 is 0 Å². The summed E-state index contributed by atoms with van der Waals surface area (Å²) in [6.45, 7) is 6.12. The molecular weight excluding hydrogens is 311 g/mol. The lowest BCUT2D eigenvalue weighted by atomic mass is 10.3. The van der Waals surface area contributed by atoms with E-state index in [-0.39, 0.29) is 5.56 Å². The average Bonchev–Trinajstić information content (AvgIpc) is 2.18. The van der Waals surface area contributed by atoms with Crippen LogP contribution in [0.25, 0.3) is 0 Å². The zero-order valence-corrected chi connectivity index (χ0v) is 10.9. The Hall–Kier alpha value is -0.300. The fraction of sp³-hybridized carbons (Fsp3) is 0.333. The summed E-state index contributed by atoms with van der Waals surface area (Å²) in [5, 5.41) is 0. The number of halogens is 1. The van der Waals surface area contributed by atoms with E-state index in [2.05, 4.69) is 24.2 Å². The van der Waals surface area contributed by atoms with Crippen LogP contribution in [0.3, 0.4) is 0 Å². The van der Waals surface area contributed by atoms with Gasteiger partial charge in [-0.1, -0.05) is 6.58 Å². The lowest BCUT2D eigenvalue weighted by Gasteiger charge is -2.09. The monoisotopic (exact) mass is 322 g/mol. The van der Waals surface area contributed by atoms with Crippen LogP contribution in [0, 0.1) is 10.5 Å². The Bertz CT molecular complexity index is 414. The molecule has 1 aromatic rings. The number of aryl methyl sites for hydroxylation is 1. The van der Waals surface area contributed by atoms with Crippen molar-refractivity contribution in [1.29, 1.82) is 0 Å². The van der Waals surface area contributed by atoms with E-state index in [0.29, 0.717) is 21.7 Å². The molecule has 1 aromatic heterocycles. The van der Waals surface area contributed by atoms with E-state index in [1.807, 2.05) is 29.5 Å². The summed E-state index contributed by atoms with van der Waals surface area (Å²) in [7, 11) is 0. The summed E-state index contributed by atoms with van der Waals surface area (Å²) in [4.78, 5) is 15.8. The Kier molecular flexibility index (Phi) is 4.18. The second kappa shape index (κ2) is 4.97. The van der Waals surface area contributed by atoms with Gasteiger partial charge in [0.1, 0.15) is 5.82 Å². The van der Waals surface area contributed by atoms with Crippen molar-refractivity contribution in [2.75, 3.05) is 5.75 Å². The van der Waals surface area contributed by atoms with E-state index in [0.717, 1.165) is 5.57 Å². The third-order valence-electron chi connectivity index (χ3n) is 1.81. The third kappa shape index (κ3) is 2.60. The van der Waals surface area contributed by atoms with E-state index in [9.17, 15) is 4.79 Å². The summed E-state index contributed by atoms with van der Waals surface area (Å²) in [5.74, 6) is 1.29. The van der Waals surface area contributed by atoms with Crippen molar-refractivity contribution in [1.82, 2.24) is 9.55 Å². The second-order valence-corrected chi connectivity index (χ2v) is 4.43. The molecule has 0 saturated heterocycles. The summed E-state index contributed by atoms with van der Waals surface area (Å²) < 4.78 is 2.24. The summed E-state index contributed by atoms with van der Waals surface area (Å²) >= 11 is 6.08. The quantitative estimate of drug-likeness (QED) is 0.522. The second-order valence-electron chi connectivity index (χ2n) is 2.95. The molecule has 0 radical (unpaired) electrons. The molecule has 1 heterocycles. The molecule has 0 fully saturated rings. The molecule has 0 aliphatic carbocycles. The lowest BCUT2D eigenvalue weighted by Crippen LogP contribution is -2.26. The Labute approximate surface area is 102 Å². The van der Waals surface area contributed by atoms with E-state index in [1.54, 1.807) is 10.8 Å². The number of nitrogens with zero attached hydrogens (tertiary/aromatic N) is 2. The average molecular weight is 322 g/mol. The van der Waals surface area contributed by atoms with Crippen LogP contribution in [0.5, 0.6) is 0 Å². The van der Waals surface area contributed by atoms with Crippen molar-refractivity contribution in [2.45, 2.75) is 13.5 Å². The van der Waals surface area contributed by atoms with Crippen molar-refractivity contribution in [2.24, 2.45) is 0 Å². The first kappa shape index (κ1) is 11.8. The van der Waals surface area contributed by atoms with Crippen molar-refractivity contribution >= 4 is 35.2 Å². The largest absolute Gasteiger partial charge is 0.292 e. The maximum atomic E-state index is 11.7. The van der Waals surface area contributed by atoms with Gasteiger partial charge >= 0.3 is 0 Å². The zero-order valence-electron chi connectivity index (χ0n) is 7.83. The minimum atomic E-state index is -0.0129. The van der Waals surface area contributed by atoms with Crippen LogP contribution in [-0.2, 0) is 6.54 Å². The molecule has 1 rings (SSSR count). The van der Waals surface area contributed by atoms with Gasteiger partial charge in [0, 0.05) is 18.5 Å². The van der Waals surface area contributed by atoms with Crippen LogP contribution in [-0.4, -0.2) is 15.3 Å². The highest BCUT2D eigenvalue weighted by molar-refractivity contribution is 14.1. The number of rotatable bonds is 3. The molecule has 76 valence electrons. The van der Waals surface area contributed by atoms with Gasteiger partial charge < -0.3 is 0 Å². The van der Waals surface area contributed by atoms with E-state index >= 15 is 0 Å². The first-order valence-electron chi connectivity index (χ1n) is 4.05. The van der Waals surface area contributed by atoms with Crippen molar-refractivity contribution in [3.8, 4) is 0 Å². The zero-order chi connectivity index (χ0) is 10.7. The van der Waals surface area contributed by atoms with E-state index in [1.165, 1.54) is 0 Å². The van der Waals surface area contributed by atoms with Gasteiger partial charge in [-0.2, -0.15) is 12.6 Å². The summed E-state index contributed by atoms with van der Waals surface area (Å²) in [6, 6.07) is 0. The minimum absolute atomic E-state index is 0.0129. The van der Waals surface area contributed by atoms with E-state index in [4.69, 9.17) is 0 Å². The van der Waals surface area contributed by atoms with Crippen molar-refractivity contribution in [3.63, 3.8) is 0 Å². The Morgan fingerprint density at radius 1 is 1.79 bits per heavy atom.